The summed E-state index contributed by atoms with van der Waals surface area (Å²) in [6, 6.07) is 0. The molecule has 2 atom stereocenters. The molecule has 0 aromatic rings. The molecule has 0 N–H and O–H groups in total. The van der Waals surface area contributed by atoms with E-state index in [9.17, 15) is 9.59 Å². The van der Waals surface area contributed by atoms with Gasteiger partial charge < -0.3 is 9.47 Å². The largest absolute Gasteiger partial charge is 0.465 e. The molecule has 0 aliphatic carbocycles. The smallest absolute Gasteiger partial charge is 0.306 e. The highest BCUT2D eigenvalue weighted by molar-refractivity contribution is 7.99. The predicted octanol–water partition coefficient (Wildman–Crippen LogP) is 6.02. The fourth-order valence-electron chi connectivity index (χ4n) is 2.78. The van der Waals surface area contributed by atoms with Gasteiger partial charge in [-0.05, 0) is 24.7 Å². The molecule has 0 rings (SSSR count). The summed E-state index contributed by atoms with van der Waals surface area (Å²) in [5.74, 6) is 2.13. The van der Waals surface area contributed by atoms with Gasteiger partial charge in [0.1, 0.15) is 0 Å². The zero-order valence-electron chi connectivity index (χ0n) is 18.1. The van der Waals surface area contributed by atoms with Crippen LogP contribution in [0.3, 0.4) is 0 Å². The maximum absolute atomic E-state index is 11.8. The summed E-state index contributed by atoms with van der Waals surface area (Å²) in [6.07, 6.45) is 9.96. The first-order chi connectivity index (χ1) is 13.1. The topological polar surface area (TPSA) is 52.6 Å². The van der Waals surface area contributed by atoms with Crippen molar-refractivity contribution in [3.05, 3.63) is 0 Å². The van der Waals surface area contributed by atoms with Crippen LogP contribution in [0.2, 0.25) is 0 Å². The molecule has 4 nitrogen and oxygen atoms in total. The summed E-state index contributed by atoms with van der Waals surface area (Å²) in [6.45, 7) is 9.75. The van der Waals surface area contributed by atoms with E-state index in [4.69, 9.17) is 9.47 Å². The van der Waals surface area contributed by atoms with Crippen molar-refractivity contribution in [2.24, 2.45) is 11.8 Å². The molecule has 0 heterocycles. The summed E-state index contributed by atoms with van der Waals surface area (Å²) in [7, 11) is 0. The van der Waals surface area contributed by atoms with E-state index in [1.807, 2.05) is 0 Å². The van der Waals surface area contributed by atoms with Crippen LogP contribution in [0.4, 0.5) is 0 Å². The molecule has 0 aromatic carbocycles. The lowest BCUT2D eigenvalue weighted by Crippen LogP contribution is -2.15. The second-order valence-electron chi connectivity index (χ2n) is 7.31. The van der Waals surface area contributed by atoms with Gasteiger partial charge in [-0.3, -0.25) is 9.59 Å². The number of carbonyl (C=O) groups is 2. The van der Waals surface area contributed by atoms with Gasteiger partial charge in [-0.25, -0.2) is 0 Å². The number of esters is 2. The van der Waals surface area contributed by atoms with E-state index in [0.717, 1.165) is 25.7 Å². The molecule has 0 bridgehead atoms. The molecule has 0 spiro atoms. The van der Waals surface area contributed by atoms with E-state index in [1.54, 1.807) is 11.8 Å². The molecule has 0 radical (unpaired) electrons. The van der Waals surface area contributed by atoms with Crippen LogP contribution in [-0.4, -0.2) is 36.7 Å². The molecule has 5 heteroatoms. The van der Waals surface area contributed by atoms with Crippen molar-refractivity contribution in [3.8, 4) is 0 Å². The SMILES string of the molecule is CCCCC(CC)COC(=O)CCSCCC(=O)OCC(CC)CCCC. The molecule has 0 amide bonds. The summed E-state index contributed by atoms with van der Waals surface area (Å²) in [4.78, 5) is 23.6. The van der Waals surface area contributed by atoms with Crippen molar-refractivity contribution in [2.75, 3.05) is 24.7 Å². The highest BCUT2D eigenvalue weighted by atomic mass is 32.2. The Bertz CT molecular complexity index is 339. The lowest BCUT2D eigenvalue weighted by atomic mass is 10.0. The molecule has 0 aliphatic rings. The number of hydrogen-bond donors (Lipinski definition) is 0. The average molecular weight is 403 g/mol. The third-order valence-electron chi connectivity index (χ3n) is 4.95. The van der Waals surface area contributed by atoms with E-state index in [0.29, 0.717) is 49.4 Å². The molecule has 160 valence electrons. The first-order valence-corrected chi connectivity index (χ1v) is 12.1. The minimum Gasteiger partial charge on any atom is -0.465 e. The molecule has 0 aromatic heterocycles. The van der Waals surface area contributed by atoms with Crippen LogP contribution in [-0.2, 0) is 19.1 Å². The third-order valence-corrected chi connectivity index (χ3v) is 5.93. The Morgan fingerprint density at radius 1 is 0.741 bits per heavy atom. The molecule has 0 saturated heterocycles. The quantitative estimate of drug-likeness (QED) is 0.207. The zero-order chi connectivity index (χ0) is 20.3. The Balaban J connectivity index is 3.68. The van der Waals surface area contributed by atoms with Crippen molar-refractivity contribution >= 4 is 23.7 Å². The summed E-state index contributed by atoms with van der Waals surface area (Å²) >= 11 is 1.62. The number of unbranched alkanes of at least 4 members (excludes halogenated alkanes) is 2. The third kappa shape index (κ3) is 16.0. The van der Waals surface area contributed by atoms with Crippen LogP contribution in [0.25, 0.3) is 0 Å². The van der Waals surface area contributed by atoms with Crippen LogP contribution >= 0.6 is 11.8 Å². The number of hydrogen-bond acceptors (Lipinski definition) is 5. The maximum atomic E-state index is 11.8. The minimum absolute atomic E-state index is 0.123. The van der Waals surface area contributed by atoms with E-state index in [1.165, 1.54) is 25.7 Å². The van der Waals surface area contributed by atoms with E-state index in [-0.39, 0.29) is 11.9 Å². The van der Waals surface area contributed by atoms with E-state index >= 15 is 0 Å². The Hall–Kier alpha value is -0.710. The zero-order valence-corrected chi connectivity index (χ0v) is 18.9. The van der Waals surface area contributed by atoms with Gasteiger partial charge in [-0.1, -0.05) is 66.2 Å². The second kappa shape index (κ2) is 18.6. The molecule has 0 saturated carbocycles. The van der Waals surface area contributed by atoms with Crippen molar-refractivity contribution in [3.63, 3.8) is 0 Å². The van der Waals surface area contributed by atoms with E-state index in [2.05, 4.69) is 27.7 Å². The Morgan fingerprint density at radius 2 is 1.15 bits per heavy atom. The highest BCUT2D eigenvalue weighted by Crippen LogP contribution is 2.15. The fourth-order valence-corrected chi connectivity index (χ4v) is 3.60. The van der Waals surface area contributed by atoms with Crippen LogP contribution < -0.4 is 0 Å². The van der Waals surface area contributed by atoms with Gasteiger partial charge in [-0.2, -0.15) is 11.8 Å². The Kier molecular flexibility index (Phi) is 18.2. The van der Waals surface area contributed by atoms with Gasteiger partial charge in [0.2, 0.25) is 0 Å². The number of rotatable bonds is 18. The van der Waals surface area contributed by atoms with E-state index < -0.39 is 0 Å². The van der Waals surface area contributed by atoms with Gasteiger partial charge in [0.15, 0.2) is 0 Å². The Morgan fingerprint density at radius 3 is 1.48 bits per heavy atom. The number of ether oxygens (including phenoxy) is 2. The first kappa shape index (κ1) is 26.3. The predicted molar refractivity (Wildman–Crippen MR) is 115 cm³/mol. The number of thioether (sulfide) groups is 1. The minimum atomic E-state index is -0.123. The molecular formula is C22H42O4S. The van der Waals surface area contributed by atoms with Crippen LogP contribution in [0.5, 0.6) is 0 Å². The lowest BCUT2D eigenvalue weighted by Gasteiger charge is -2.15. The molecule has 27 heavy (non-hydrogen) atoms. The van der Waals surface area contributed by atoms with Crippen LogP contribution in [0.1, 0.15) is 91.9 Å². The first-order valence-electron chi connectivity index (χ1n) is 11.0. The van der Waals surface area contributed by atoms with Crippen molar-refractivity contribution < 1.29 is 19.1 Å². The molecule has 0 aliphatic heterocycles. The van der Waals surface area contributed by atoms with Crippen LogP contribution in [0.15, 0.2) is 0 Å². The summed E-state index contributed by atoms with van der Waals surface area (Å²) in [5.41, 5.74) is 0. The summed E-state index contributed by atoms with van der Waals surface area (Å²) in [5, 5.41) is 0. The lowest BCUT2D eigenvalue weighted by molar-refractivity contribution is -0.145. The van der Waals surface area contributed by atoms with Gasteiger partial charge in [-0.15, -0.1) is 0 Å². The monoisotopic (exact) mass is 402 g/mol. The number of carbonyl (C=O) groups excluding carboxylic acids is 2. The maximum Gasteiger partial charge on any atom is 0.306 e. The average Bonchev–Trinajstić information content (AvgIpc) is 2.68. The highest BCUT2D eigenvalue weighted by Gasteiger charge is 2.11. The van der Waals surface area contributed by atoms with Gasteiger partial charge >= 0.3 is 11.9 Å². The van der Waals surface area contributed by atoms with Crippen LogP contribution in [0, 0.1) is 11.8 Å². The standard InChI is InChI=1S/C22H42O4S/c1-5-9-11-19(7-3)17-25-21(23)13-15-27-16-14-22(24)26-18-20(8-4)12-10-6-2/h19-20H,5-18H2,1-4H3. The van der Waals surface area contributed by atoms with Gasteiger partial charge in [0, 0.05) is 11.5 Å². The molecule has 2 unspecified atom stereocenters. The Labute approximate surface area is 171 Å². The second-order valence-corrected chi connectivity index (χ2v) is 8.54. The summed E-state index contributed by atoms with van der Waals surface area (Å²) < 4.78 is 10.8. The fraction of sp³-hybridized carbons (Fsp3) is 0.909. The molecule has 0 fully saturated rings. The van der Waals surface area contributed by atoms with Gasteiger partial charge in [0.05, 0.1) is 26.1 Å². The normalized spacial score (nSPS) is 13.2. The van der Waals surface area contributed by atoms with Crippen molar-refractivity contribution in [2.45, 2.75) is 91.9 Å². The van der Waals surface area contributed by atoms with Crippen molar-refractivity contribution in [1.82, 2.24) is 0 Å². The van der Waals surface area contributed by atoms with Gasteiger partial charge in [0.25, 0.3) is 0 Å². The van der Waals surface area contributed by atoms with Crippen molar-refractivity contribution in [1.29, 1.82) is 0 Å². The molecular weight excluding hydrogens is 360 g/mol.